The van der Waals surface area contributed by atoms with Gasteiger partial charge < -0.3 is 14.7 Å². The molecule has 17 heavy (non-hydrogen) atoms. The number of aryl methyl sites for hydroxylation is 1. The van der Waals surface area contributed by atoms with Crippen molar-refractivity contribution in [1.29, 1.82) is 0 Å². The molecule has 2 N–H and O–H groups in total. The highest BCUT2D eigenvalue weighted by Gasteiger charge is 2.16. The highest BCUT2D eigenvalue weighted by atomic mass is 16.3. The molecule has 0 spiro atoms. The molecule has 0 amide bonds. The zero-order valence-electron chi connectivity index (χ0n) is 10.4. The van der Waals surface area contributed by atoms with Crippen molar-refractivity contribution in [3.05, 3.63) is 41.9 Å². The van der Waals surface area contributed by atoms with Crippen molar-refractivity contribution < 1.29 is 4.42 Å². The molecule has 4 nitrogen and oxygen atoms in total. The zero-order chi connectivity index (χ0) is 12.1. The molecule has 0 bridgehead atoms. The van der Waals surface area contributed by atoms with E-state index in [2.05, 4.69) is 35.2 Å². The van der Waals surface area contributed by atoms with Crippen molar-refractivity contribution in [2.24, 2.45) is 0 Å². The SMILES string of the molecule is CCNC(Cc1ncc[nH]1)c1ccc(CC)o1. The fraction of sp³-hybridized carbons (Fsp3) is 0.462. The fourth-order valence-electron chi connectivity index (χ4n) is 1.89. The van der Waals surface area contributed by atoms with Gasteiger partial charge in [-0.3, -0.25) is 0 Å². The van der Waals surface area contributed by atoms with Crippen LogP contribution in [0.15, 0.2) is 28.9 Å². The Labute approximate surface area is 101 Å². The van der Waals surface area contributed by atoms with Crippen LogP contribution in [0, 0.1) is 0 Å². The van der Waals surface area contributed by atoms with E-state index in [1.54, 1.807) is 6.20 Å². The van der Waals surface area contributed by atoms with E-state index >= 15 is 0 Å². The molecule has 1 unspecified atom stereocenters. The van der Waals surface area contributed by atoms with E-state index in [1.165, 1.54) is 0 Å². The first kappa shape index (κ1) is 11.9. The highest BCUT2D eigenvalue weighted by molar-refractivity contribution is 5.12. The lowest BCUT2D eigenvalue weighted by atomic mass is 10.1. The van der Waals surface area contributed by atoms with Crippen LogP contribution in [0.4, 0.5) is 0 Å². The fourth-order valence-corrected chi connectivity index (χ4v) is 1.89. The van der Waals surface area contributed by atoms with Crippen LogP contribution >= 0.6 is 0 Å². The second-order valence-electron chi connectivity index (χ2n) is 4.01. The Hall–Kier alpha value is -1.55. The Morgan fingerprint density at radius 1 is 1.41 bits per heavy atom. The van der Waals surface area contributed by atoms with Crippen LogP contribution in [0.2, 0.25) is 0 Å². The van der Waals surface area contributed by atoms with Gasteiger partial charge in [0.2, 0.25) is 0 Å². The van der Waals surface area contributed by atoms with Crippen LogP contribution in [0.1, 0.15) is 37.2 Å². The van der Waals surface area contributed by atoms with Crippen LogP contribution in [-0.4, -0.2) is 16.5 Å². The first-order valence-electron chi connectivity index (χ1n) is 6.13. The number of likely N-dealkylation sites (N-methyl/N-ethyl adjacent to an activating group) is 1. The maximum Gasteiger partial charge on any atom is 0.121 e. The van der Waals surface area contributed by atoms with Crippen LogP contribution in [0.25, 0.3) is 0 Å². The largest absolute Gasteiger partial charge is 0.464 e. The average Bonchev–Trinajstić information content (AvgIpc) is 2.99. The van der Waals surface area contributed by atoms with E-state index in [9.17, 15) is 0 Å². The Morgan fingerprint density at radius 3 is 2.88 bits per heavy atom. The maximum atomic E-state index is 5.79. The highest BCUT2D eigenvalue weighted by Crippen LogP contribution is 2.20. The molecule has 2 aromatic rings. The molecule has 1 atom stereocenters. The quantitative estimate of drug-likeness (QED) is 0.805. The number of rotatable bonds is 6. The molecule has 2 aromatic heterocycles. The van der Waals surface area contributed by atoms with Gasteiger partial charge in [-0.15, -0.1) is 0 Å². The lowest BCUT2D eigenvalue weighted by Gasteiger charge is -2.14. The Kier molecular flexibility index (Phi) is 3.98. The maximum absolute atomic E-state index is 5.79. The van der Waals surface area contributed by atoms with Gasteiger partial charge in [0, 0.05) is 25.2 Å². The lowest BCUT2D eigenvalue weighted by Crippen LogP contribution is -2.22. The molecule has 0 saturated heterocycles. The predicted molar refractivity (Wildman–Crippen MR) is 66.8 cm³/mol. The molecule has 92 valence electrons. The van der Waals surface area contributed by atoms with Gasteiger partial charge in [-0.2, -0.15) is 0 Å². The predicted octanol–water partition coefficient (Wildman–Crippen LogP) is 2.46. The second-order valence-corrected chi connectivity index (χ2v) is 4.01. The summed E-state index contributed by atoms with van der Waals surface area (Å²) < 4.78 is 5.79. The van der Waals surface area contributed by atoms with Crippen molar-refractivity contribution in [3.8, 4) is 0 Å². The van der Waals surface area contributed by atoms with E-state index < -0.39 is 0 Å². The number of hydrogen-bond donors (Lipinski definition) is 2. The number of aromatic amines is 1. The van der Waals surface area contributed by atoms with Gasteiger partial charge in [-0.25, -0.2) is 4.98 Å². The van der Waals surface area contributed by atoms with Crippen LogP contribution in [-0.2, 0) is 12.8 Å². The Balaban J connectivity index is 2.10. The minimum absolute atomic E-state index is 0.187. The summed E-state index contributed by atoms with van der Waals surface area (Å²) in [4.78, 5) is 7.38. The monoisotopic (exact) mass is 233 g/mol. The molecule has 0 aromatic carbocycles. The molecule has 0 aliphatic rings. The summed E-state index contributed by atoms with van der Waals surface area (Å²) in [7, 11) is 0. The number of furan rings is 1. The van der Waals surface area contributed by atoms with E-state index in [0.717, 1.165) is 36.7 Å². The molecule has 0 radical (unpaired) electrons. The Morgan fingerprint density at radius 2 is 2.29 bits per heavy atom. The second kappa shape index (κ2) is 5.68. The summed E-state index contributed by atoms with van der Waals surface area (Å²) in [5, 5.41) is 3.42. The molecule has 2 heterocycles. The van der Waals surface area contributed by atoms with Crippen molar-refractivity contribution in [2.45, 2.75) is 32.7 Å². The molecule has 0 aliphatic carbocycles. The molecule has 4 heteroatoms. The third-order valence-electron chi connectivity index (χ3n) is 2.78. The van der Waals surface area contributed by atoms with Gasteiger partial charge in [-0.05, 0) is 18.7 Å². The number of aromatic nitrogens is 2. The van der Waals surface area contributed by atoms with E-state index in [4.69, 9.17) is 4.42 Å². The molecule has 2 rings (SSSR count). The summed E-state index contributed by atoms with van der Waals surface area (Å²) >= 11 is 0. The van der Waals surface area contributed by atoms with Crippen LogP contribution in [0.3, 0.4) is 0 Å². The third kappa shape index (κ3) is 2.97. The summed E-state index contributed by atoms with van der Waals surface area (Å²) in [6, 6.07) is 4.28. The van der Waals surface area contributed by atoms with Gasteiger partial charge in [-0.1, -0.05) is 13.8 Å². The minimum atomic E-state index is 0.187. The number of hydrogen-bond acceptors (Lipinski definition) is 3. The number of imidazole rings is 1. The molecule has 0 fully saturated rings. The number of nitrogens with one attached hydrogen (secondary N) is 2. The van der Waals surface area contributed by atoms with Crippen molar-refractivity contribution >= 4 is 0 Å². The first-order valence-corrected chi connectivity index (χ1v) is 6.13. The third-order valence-corrected chi connectivity index (χ3v) is 2.78. The van der Waals surface area contributed by atoms with E-state index in [1.807, 2.05) is 12.3 Å². The summed E-state index contributed by atoms with van der Waals surface area (Å²) in [5.41, 5.74) is 0. The van der Waals surface area contributed by atoms with Crippen LogP contribution < -0.4 is 5.32 Å². The minimum Gasteiger partial charge on any atom is -0.464 e. The molecule has 0 saturated carbocycles. The average molecular weight is 233 g/mol. The van der Waals surface area contributed by atoms with E-state index in [0.29, 0.717) is 0 Å². The van der Waals surface area contributed by atoms with Crippen molar-refractivity contribution in [1.82, 2.24) is 15.3 Å². The number of H-pyrrole nitrogens is 1. The smallest absolute Gasteiger partial charge is 0.121 e. The molecule has 0 aliphatic heterocycles. The van der Waals surface area contributed by atoms with Crippen molar-refractivity contribution in [2.75, 3.05) is 6.54 Å². The standard InChI is InChI=1S/C13H19N3O/c1-3-10-5-6-12(17-10)11(14-4-2)9-13-15-7-8-16-13/h5-8,11,14H,3-4,9H2,1-2H3,(H,15,16). The topological polar surface area (TPSA) is 53.9 Å². The lowest BCUT2D eigenvalue weighted by molar-refractivity contribution is 0.393. The van der Waals surface area contributed by atoms with Gasteiger partial charge >= 0.3 is 0 Å². The zero-order valence-corrected chi connectivity index (χ0v) is 10.4. The first-order chi connectivity index (χ1) is 8.33. The summed E-state index contributed by atoms with van der Waals surface area (Å²) in [6.45, 7) is 5.10. The van der Waals surface area contributed by atoms with Crippen LogP contribution in [0.5, 0.6) is 0 Å². The van der Waals surface area contributed by atoms with Gasteiger partial charge in [0.15, 0.2) is 0 Å². The molecular formula is C13H19N3O. The van der Waals surface area contributed by atoms with Gasteiger partial charge in [0.05, 0.1) is 6.04 Å². The van der Waals surface area contributed by atoms with E-state index in [-0.39, 0.29) is 6.04 Å². The summed E-state index contributed by atoms with van der Waals surface area (Å²) in [6.07, 6.45) is 5.37. The van der Waals surface area contributed by atoms with Crippen molar-refractivity contribution in [3.63, 3.8) is 0 Å². The summed E-state index contributed by atoms with van der Waals surface area (Å²) in [5.74, 6) is 2.99. The molecular weight excluding hydrogens is 214 g/mol. The Bertz CT molecular complexity index is 433. The van der Waals surface area contributed by atoms with Gasteiger partial charge in [0.25, 0.3) is 0 Å². The van der Waals surface area contributed by atoms with Gasteiger partial charge in [0.1, 0.15) is 17.3 Å². The number of nitrogens with zero attached hydrogens (tertiary/aromatic N) is 1. The normalized spacial score (nSPS) is 12.8.